The minimum Gasteiger partial charge on any atom is -0.377 e. The molecule has 25 heavy (non-hydrogen) atoms. The SMILES string of the molecule is CC(C)C[C@H]1COCCN1C(=O)Nc1cccc(-c2nccn2C)c1. The summed E-state index contributed by atoms with van der Waals surface area (Å²) in [6.07, 6.45) is 4.62. The Kier molecular flexibility index (Phi) is 5.38. The van der Waals surface area contributed by atoms with Crippen LogP contribution in [0.2, 0.25) is 0 Å². The van der Waals surface area contributed by atoms with E-state index in [2.05, 4.69) is 24.1 Å². The van der Waals surface area contributed by atoms with Crippen LogP contribution in [-0.4, -0.2) is 46.3 Å². The van der Waals surface area contributed by atoms with Crippen LogP contribution in [0.5, 0.6) is 0 Å². The van der Waals surface area contributed by atoms with E-state index in [4.69, 9.17) is 4.74 Å². The Balaban J connectivity index is 1.73. The summed E-state index contributed by atoms with van der Waals surface area (Å²) in [6.45, 7) is 6.17. The molecule has 6 nitrogen and oxygen atoms in total. The molecule has 2 heterocycles. The standard InChI is InChI=1S/C19H26N4O2/c1-14(2)11-17-13-25-10-9-23(17)19(24)21-16-6-4-5-15(12-16)18-20-7-8-22(18)3/h4-8,12,14,17H,9-11,13H2,1-3H3,(H,21,24)/t17-/m0/s1. The lowest BCUT2D eigenvalue weighted by Crippen LogP contribution is -2.50. The highest BCUT2D eigenvalue weighted by molar-refractivity contribution is 5.90. The van der Waals surface area contributed by atoms with Crippen LogP contribution in [0.3, 0.4) is 0 Å². The van der Waals surface area contributed by atoms with Gasteiger partial charge in [-0.05, 0) is 24.5 Å². The average Bonchev–Trinajstić information content (AvgIpc) is 3.01. The molecule has 0 spiro atoms. The summed E-state index contributed by atoms with van der Waals surface area (Å²) in [5.41, 5.74) is 1.76. The van der Waals surface area contributed by atoms with Gasteiger partial charge in [0, 0.05) is 37.2 Å². The van der Waals surface area contributed by atoms with Gasteiger partial charge in [-0.3, -0.25) is 0 Å². The number of aryl methyl sites for hydroxylation is 1. The highest BCUT2D eigenvalue weighted by atomic mass is 16.5. The third-order valence-corrected chi connectivity index (χ3v) is 4.43. The van der Waals surface area contributed by atoms with Crippen molar-refractivity contribution in [3.63, 3.8) is 0 Å². The van der Waals surface area contributed by atoms with Crippen molar-refractivity contribution in [3.05, 3.63) is 36.7 Å². The minimum atomic E-state index is -0.0639. The fourth-order valence-corrected chi connectivity index (χ4v) is 3.24. The number of nitrogens with one attached hydrogen (secondary N) is 1. The summed E-state index contributed by atoms with van der Waals surface area (Å²) in [5.74, 6) is 1.40. The Morgan fingerprint density at radius 2 is 2.28 bits per heavy atom. The number of hydrogen-bond donors (Lipinski definition) is 1. The predicted octanol–water partition coefficient (Wildman–Crippen LogP) is 3.37. The van der Waals surface area contributed by atoms with Gasteiger partial charge in [0.05, 0.1) is 19.3 Å². The van der Waals surface area contributed by atoms with E-state index in [0.29, 0.717) is 25.7 Å². The molecule has 1 aliphatic rings. The van der Waals surface area contributed by atoms with Crippen molar-refractivity contribution in [1.29, 1.82) is 0 Å². The van der Waals surface area contributed by atoms with Crippen LogP contribution in [-0.2, 0) is 11.8 Å². The first-order valence-corrected chi connectivity index (χ1v) is 8.77. The lowest BCUT2D eigenvalue weighted by Gasteiger charge is -2.36. The van der Waals surface area contributed by atoms with E-state index in [-0.39, 0.29) is 12.1 Å². The molecule has 2 amide bonds. The van der Waals surface area contributed by atoms with Gasteiger partial charge >= 0.3 is 6.03 Å². The van der Waals surface area contributed by atoms with Crippen molar-refractivity contribution in [2.75, 3.05) is 25.1 Å². The fraction of sp³-hybridized carbons (Fsp3) is 0.474. The van der Waals surface area contributed by atoms with Gasteiger partial charge in [0.1, 0.15) is 5.82 Å². The summed E-state index contributed by atoms with van der Waals surface area (Å²) >= 11 is 0. The number of morpholine rings is 1. The Morgan fingerprint density at radius 3 is 3.00 bits per heavy atom. The van der Waals surface area contributed by atoms with E-state index in [1.165, 1.54) is 0 Å². The fourth-order valence-electron chi connectivity index (χ4n) is 3.24. The maximum Gasteiger partial charge on any atom is 0.322 e. The molecule has 0 radical (unpaired) electrons. The minimum absolute atomic E-state index is 0.0639. The van der Waals surface area contributed by atoms with Gasteiger partial charge in [0.2, 0.25) is 0 Å². The van der Waals surface area contributed by atoms with Crippen molar-refractivity contribution in [2.24, 2.45) is 13.0 Å². The first-order valence-electron chi connectivity index (χ1n) is 8.77. The summed E-state index contributed by atoms with van der Waals surface area (Å²) in [7, 11) is 1.96. The number of benzene rings is 1. The van der Waals surface area contributed by atoms with Gasteiger partial charge in [-0.25, -0.2) is 9.78 Å². The lowest BCUT2D eigenvalue weighted by atomic mass is 10.0. The number of hydrogen-bond acceptors (Lipinski definition) is 3. The zero-order valence-corrected chi connectivity index (χ0v) is 15.1. The monoisotopic (exact) mass is 342 g/mol. The summed E-state index contributed by atoms with van der Waals surface area (Å²) < 4.78 is 7.52. The van der Waals surface area contributed by atoms with E-state index in [1.54, 1.807) is 6.20 Å². The quantitative estimate of drug-likeness (QED) is 0.927. The van der Waals surface area contributed by atoms with Gasteiger partial charge in [-0.1, -0.05) is 26.0 Å². The number of carbonyl (C=O) groups excluding carboxylic acids is 1. The van der Waals surface area contributed by atoms with Crippen LogP contribution >= 0.6 is 0 Å². The first-order chi connectivity index (χ1) is 12.0. The van der Waals surface area contributed by atoms with Crippen molar-refractivity contribution < 1.29 is 9.53 Å². The molecule has 6 heteroatoms. The largest absolute Gasteiger partial charge is 0.377 e. The van der Waals surface area contributed by atoms with E-state index in [0.717, 1.165) is 23.5 Å². The molecule has 0 aliphatic carbocycles. The smallest absolute Gasteiger partial charge is 0.322 e. The highest BCUT2D eigenvalue weighted by Gasteiger charge is 2.27. The molecule has 1 aromatic heterocycles. The van der Waals surface area contributed by atoms with Crippen LogP contribution in [0.25, 0.3) is 11.4 Å². The Bertz CT molecular complexity index is 726. The Morgan fingerprint density at radius 1 is 1.44 bits per heavy atom. The number of amides is 2. The number of carbonyl (C=O) groups is 1. The second-order valence-corrected chi connectivity index (χ2v) is 6.92. The van der Waals surface area contributed by atoms with Crippen molar-refractivity contribution in [3.8, 4) is 11.4 Å². The van der Waals surface area contributed by atoms with Crippen LogP contribution in [0.1, 0.15) is 20.3 Å². The lowest BCUT2D eigenvalue weighted by molar-refractivity contribution is 0.00857. The second-order valence-electron chi connectivity index (χ2n) is 6.92. The average molecular weight is 342 g/mol. The number of nitrogens with zero attached hydrogens (tertiary/aromatic N) is 3. The maximum atomic E-state index is 12.8. The van der Waals surface area contributed by atoms with Gasteiger partial charge < -0.3 is 19.5 Å². The zero-order chi connectivity index (χ0) is 17.8. The molecule has 134 valence electrons. The normalized spacial score (nSPS) is 17.8. The van der Waals surface area contributed by atoms with E-state index >= 15 is 0 Å². The third kappa shape index (κ3) is 4.20. The molecule has 1 aliphatic heterocycles. The van der Waals surface area contributed by atoms with Crippen LogP contribution in [0, 0.1) is 5.92 Å². The van der Waals surface area contributed by atoms with Crippen molar-refractivity contribution >= 4 is 11.7 Å². The summed E-state index contributed by atoms with van der Waals surface area (Å²) in [6, 6.07) is 7.86. The van der Waals surface area contributed by atoms with Crippen molar-refractivity contribution in [2.45, 2.75) is 26.3 Å². The number of rotatable bonds is 4. The predicted molar refractivity (Wildman–Crippen MR) is 98.4 cm³/mol. The first kappa shape index (κ1) is 17.5. The Labute approximate surface area is 148 Å². The van der Waals surface area contributed by atoms with Gasteiger partial charge in [-0.2, -0.15) is 0 Å². The zero-order valence-electron chi connectivity index (χ0n) is 15.1. The van der Waals surface area contributed by atoms with Crippen LogP contribution in [0.15, 0.2) is 36.7 Å². The number of anilines is 1. The molecule has 1 aromatic carbocycles. The summed E-state index contributed by atoms with van der Waals surface area (Å²) in [5, 5.41) is 3.03. The molecular formula is C19H26N4O2. The molecular weight excluding hydrogens is 316 g/mol. The number of aromatic nitrogens is 2. The molecule has 2 aromatic rings. The van der Waals surface area contributed by atoms with E-state index in [1.807, 2.05) is 47.0 Å². The van der Waals surface area contributed by atoms with Gasteiger partial charge in [0.15, 0.2) is 0 Å². The molecule has 0 bridgehead atoms. The topological polar surface area (TPSA) is 59.4 Å². The molecule has 3 rings (SSSR count). The van der Waals surface area contributed by atoms with Crippen molar-refractivity contribution in [1.82, 2.24) is 14.5 Å². The molecule has 1 saturated heterocycles. The Hall–Kier alpha value is -2.34. The summed E-state index contributed by atoms with van der Waals surface area (Å²) in [4.78, 5) is 19.0. The number of ether oxygens (including phenoxy) is 1. The van der Waals surface area contributed by atoms with E-state index in [9.17, 15) is 4.79 Å². The highest BCUT2D eigenvalue weighted by Crippen LogP contribution is 2.22. The molecule has 1 fully saturated rings. The molecule has 1 N–H and O–H groups in total. The second kappa shape index (κ2) is 7.70. The molecule has 0 saturated carbocycles. The van der Waals surface area contributed by atoms with E-state index < -0.39 is 0 Å². The number of urea groups is 1. The third-order valence-electron chi connectivity index (χ3n) is 4.43. The molecule has 0 unspecified atom stereocenters. The van der Waals surface area contributed by atoms with Gasteiger partial charge in [-0.15, -0.1) is 0 Å². The van der Waals surface area contributed by atoms with Gasteiger partial charge in [0.25, 0.3) is 0 Å². The molecule has 1 atom stereocenters. The van der Waals surface area contributed by atoms with Crippen LogP contribution < -0.4 is 5.32 Å². The number of imidazole rings is 1. The maximum absolute atomic E-state index is 12.8. The van der Waals surface area contributed by atoms with Crippen LogP contribution in [0.4, 0.5) is 10.5 Å².